The molecule has 0 amide bonds. The monoisotopic (exact) mass is 268 g/mol. The maximum atomic E-state index is 11.8. The third kappa shape index (κ3) is 4.05. The van der Waals surface area contributed by atoms with Crippen LogP contribution in [0.2, 0.25) is 0 Å². The van der Waals surface area contributed by atoms with Gasteiger partial charge in [-0.25, -0.2) is 0 Å². The summed E-state index contributed by atoms with van der Waals surface area (Å²) < 4.78 is 16.6. The van der Waals surface area contributed by atoms with Gasteiger partial charge in [-0.15, -0.1) is 0 Å². The number of carbonyl (C=O) groups excluding carboxylic acids is 1. The van der Waals surface area contributed by atoms with Gasteiger partial charge in [0.1, 0.15) is 0 Å². The average molecular weight is 268 g/mol. The minimum Gasteiger partial charge on any atom is -0.466 e. The van der Waals surface area contributed by atoms with Crippen molar-refractivity contribution in [2.75, 3.05) is 13.2 Å². The molecule has 0 N–H and O–H groups in total. The fourth-order valence-corrected chi connectivity index (χ4v) is 2.72. The van der Waals surface area contributed by atoms with E-state index in [-0.39, 0.29) is 24.3 Å². The molecule has 0 aromatic carbocycles. The van der Waals surface area contributed by atoms with E-state index in [0.29, 0.717) is 6.61 Å². The van der Waals surface area contributed by atoms with Crippen molar-refractivity contribution in [1.29, 1.82) is 0 Å². The summed E-state index contributed by atoms with van der Waals surface area (Å²) in [4.78, 5) is 11.8. The molecule has 3 atom stereocenters. The molecule has 108 valence electrons. The van der Waals surface area contributed by atoms with E-state index in [2.05, 4.69) is 6.08 Å². The minimum atomic E-state index is -0.108. The van der Waals surface area contributed by atoms with Crippen LogP contribution in [0, 0.1) is 5.92 Å². The Kier molecular flexibility index (Phi) is 5.40. The van der Waals surface area contributed by atoms with Crippen molar-refractivity contribution in [3.05, 3.63) is 11.6 Å². The van der Waals surface area contributed by atoms with Crippen molar-refractivity contribution in [1.82, 2.24) is 0 Å². The molecule has 1 aliphatic carbocycles. The van der Waals surface area contributed by atoms with E-state index in [1.54, 1.807) is 0 Å². The highest BCUT2D eigenvalue weighted by atomic mass is 16.7. The summed E-state index contributed by atoms with van der Waals surface area (Å²) in [5.74, 6) is -0.198. The van der Waals surface area contributed by atoms with E-state index in [1.165, 1.54) is 6.42 Å². The van der Waals surface area contributed by atoms with E-state index in [4.69, 9.17) is 14.2 Å². The molecule has 1 heterocycles. The van der Waals surface area contributed by atoms with E-state index in [9.17, 15) is 4.79 Å². The average Bonchev–Trinajstić information content (AvgIpc) is 2.40. The minimum absolute atomic E-state index is 0.0676. The van der Waals surface area contributed by atoms with Gasteiger partial charge in [0.05, 0.1) is 18.6 Å². The zero-order valence-corrected chi connectivity index (χ0v) is 11.9. The van der Waals surface area contributed by atoms with Crippen molar-refractivity contribution in [3.63, 3.8) is 0 Å². The van der Waals surface area contributed by atoms with Gasteiger partial charge in [-0.3, -0.25) is 4.79 Å². The SMILES string of the molecule is CCOC(=O)C1CCC(OC2CCCCO2)C=C1C. The van der Waals surface area contributed by atoms with Crippen molar-refractivity contribution < 1.29 is 19.0 Å². The summed E-state index contributed by atoms with van der Waals surface area (Å²) >= 11 is 0. The lowest BCUT2D eigenvalue weighted by Gasteiger charge is -2.30. The zero-order valence-electron chi connectivity index (χ0n) is 11.9. The summed E-state index contributed by atoms with van der Waals surface area (Å²) in [5.41, 5.74) is 1.06. The first kappa shape index (κ1) is 14.5. The third-order valence-electron chi connectivity index (χ3n) is 3.77. The maximum Gasteiger partial charge on any atom is 0.313 e. The summed E-state index contributed by atoms with van der Waals surface area (Å²) in [6.45, 7) is 5.06. The van der Waals surface area contributed by atoms with Gasteiger partial charge in [0.15, 0.2) is 6.29 Å². The summed E-state index contributed by atoms with van der Waals surface area (Å²) in [6.07, 6.45) is 7.01. The smallest absolute Gasteiger partial charge is 0.313 e. The molecule has 3 unspecified atom stereocenters. The standard InChI is InChI=1S/C15H24O4/c1-3-17-15(16)13-8-7-12(10-11(13)2)19-14-6-4-5-9-18-14/h10,12-14H,3-9H2,1-2H3. The first-order valence-corrected chi connectivity index (χ1v) is 7.32. The number of hydrogen-bond acceptors (Lipinski definition) is 4. The molecule has 0 spiro atoms. The lowest BCUT2D eigenvalue weighted by atomic mass is 9.87. The Balaban J connectivity index is 1.87. The van der Waals surface area contributed by atoms with E-state index in [1.807, 2.05) is 13.8 Å². The first-order valence-electron chi connectivity index (χ1n) is 7.32. The molecule has 0 saturated carbocycles. The van der Waals surface area contributed by atoms with Crippen LogP contribution in [0.25, 0.3) is 0 Å². The van der Waals surface area contributed by atoms with Crippen LogP contribution in [0.15, 0.2) is 11.6 Å². The summed E-state index contributed by atoms with van der Waals surface area (Å²) in [5, 5.41) is 0. The molecule has 4 heteroatoms. The summed E-state index contributed by atoms with van der Waals surface area (Å²) in [6, 6.07) is 0. The van der Waals surface area contributed by atoms with Gasteiger partial charge < -0.3 is 14.2 Å². The molecule has 4 nitrogen and oxygen atoms in total. The van der Waals surface area contributed by atoms with Gasteiger partial charge in [-0.2, -0.15) is 0 Å². The quantitative estimate of drug-likeness (QED) is 0.581. The molecule has 19 heavy (non-hydrogen) atoms. The van der Waals surface area contributed by atoms with Gasteiger partial charge in [-0.1, -0.05) is 11.6 Å². The van der Waals surface area contributed by atoms with Crippen molar-refractivity contribution in [2.24, 2.45) is 5.92 Å². The molecule has 1 saturated heterocycles. The lowest BCUT2D eigenvalue weighted by molar-refractivity contribution is -0.181. The second kappa shape index (κ2) is 7.06. The van der Waals surface area contributed by atoms with E-state index >= 15 is 0 Å². The predicted molar refractivity (Wildman–Crippen MR) is 71.6 cm³/mol. The van der Waals surface area contributed by atoms with Crippen molar-refractivity contribution in [2.45, 2.75) is 58.3 Å². The zero-order chi connectivity index (χ0) is 13.7. The second-order valence-electron chi connectivity index (χ2n) is 5.26. The summed E-state index contributed by atoms with van der Waals surface area (Å²) in [7, 11) is 0. The molecule has 0 bridgehead atoms. The van der Waals surface area contributed by atoms with Crippen LogP contribution in [0.5, 0.6) is 0 Å². The van der Waals surface area contributed by atoms with Gasteiger partial charge in [-0.05, 0) is 46.0 Å². The number of carbonyl (C=O) groups is 1. The Labute approximate surface area is 115 Å². The highest BCUT2D eigenvalue weighted by molar-refractivity contribution is 5.75. The molecule has 2 rings (SSSR count). The number of rotatable bonds is 4. The molecule has 0 radical (unpaired) electrons. The Morgan fingerprint density at radius 1 is 1.37 bits per heavy atom. The Morgan fingerprint density at radius 3 is 2.84 bits per heavy atom. The van der Waals surface area contributed by atoms with Crippen LogP contribution < -0.4 is 0 Å². The molecule has 2 aliphatic rings. The van der Waals surface area contributed by atoms with Crippen LogP contribution in [-0.4, -0.2) is 31.6 Å². The van der Waals surface area contributed by atoms with Crippen LogP contribution in [0.3, 0.4) is 0 Å². The fraction of sp³-hybridized carbons (Fsp3) is 0.800. The van der Waals surface area contributed by atoms with Gasteiger partial charge in [0.25, 0.3) is 0 Å². The maximum absolute atomic E-state index is 11.8. The molecule has 0 aromatic heterocycles. The predicted octanol–water partition coefficient (Wildman–Crippen LogP) is 2.82. The number of hydrogen-bond donors (Lipinski definition) is 0. The Hall–Kier alpha value is -0.870. The van der Waals surface area contributed by atoms with Crippen LogP contribution in [-0.2, 0) is 19.0 Å². The van der Waals surface area contributed by atoms with Crippen molar-refractivity contribution in [3.8, 4) is 0 Å². The van der Waals surface area contributed by atoms with Crippen LogP contribution >= 0.6 is 0 Å². The normalized spacial score (nSPS) is 31.7. The Morgan fingerprint density at radius 2 is 2.21 bits per heavy atom. The highest BCUT2D eigenvalue weighted by Crippen LogP contribution is 2.29. The largest absolute Gasteiger partial charge is 0.466 e. The molecular formula is C15H24O4. The fourth-order valence-electron chi connectivity index (χ4n) is 2.72. The molecule has 1 aliphatic heterocycles. The Bertz CT molecular complexity index is 331. The molecular weight excluding hydrogens is 244 g/mol. The first-order chi connectivity index (χ1) is 9.20. The highest BCUT2D eigenvalue weighted by Gasteiger charge is 2.29. The van der Waals surface area contributed by atoms with Crippen molar-refractivity contribution >= 4 is 5.97 Å². The second-order valence-corrected chi connectivity index (χ2v) is 5.26. The van der Waals surface area contributed by atoms with Crippen LogP contribution in [0.4, 0.5) is 0 Å². The van der Waals surface area contributed by atoms with Gasteiger partial charge in [0, 0.05) is 6.61 Å². The van der Waals surface area contributed by atoms with Gasteiger partial charge in [0.2, 0.25) is 0 Å². The van der Waals surface area contributed by atoms with E-state index in [0.717, 1.165) is 37.9 Å². The molecule has 1 fully saturated rings. The molecule has 0 aromatic rings. The van der Waals surface area contributed by atoms with E-state index < -0.39 is 0 Å². The topological polar surface area (TPSA) is 44.8 Å². The third-order valence-corrected chi connectivity index (χ3v) is 3.77. The lowest BCUT2D eigenvalue weighted by Crippen LogP contribution is -2.31. The van der Waals surface area contributed by atoms with Gasteiger partial charge >= 0.3 is 5.97 Å². The number of ether oxygens (including phenoxy) is 3. The van der Waals surface area contributed by atoms with Crippen LogP contribution in [0.1, 0.15) is 46.0 Å². The number of esters is 1.